The molecule has 2 aromatic heterocycles. The number of carbonyl (C=O) groups is 2. The lowest BCUT2D eigenvalue weighted by molar-refractivity contribution is -0.123. The van der Waals surface area contributed by atoms with Crippen LogP contribution in [0.3, 0.4) is 0 Å². The second-order valence-electron chi connectivity index (χ2n) is 9.56. The molecule has 1 aliphatic heterocycles. The van der Waals surface area contributed by atoms with E-state index in [0.29, 0.717) is 30.2 Å². The lowest BCUT2D eigenvalue weighted by Crippen LogP contribution is -2.33. The predicted molar refractivity (Wildman–Crippen MR) is 140 cm³/mol. The Bertz CT molecular complexity index is 1260. The van der Waals surface area contributed by atoms with E-state index >= 15 is 0 Å². The van der Waals surface area contributed by atoms with Crippen molar-refractivity contribution in [1.29, 1.82) is 0 Å². The number of methoxy groups -OCH3 is 1. The number of Topliss-reactive ketones (excluding diaryl/α,β-unsaturated/α-hetero) is 1. The standard InChI is InChI=1S/C28H30N2O5S/c1-28(2,3)26(32)23-24(21-6-5-12-29-22(21)16-35-14-13-34-4)30(27(33)25(23)31)20-9-7-18(8-10-20)19-11-15-36-17-19/h5-12,15,17,24,31H,13-14,16H2,1-4H3. The SMILES string of the molecule is COCCOCc1ncccc1C1C(C(=O)C(C)(C)C)=C(O)C(=O)N1c1ccc(-c2ccsc2)cc1. The van der Waals surface area contributed by atoms with Crippen LogP contribution in [0.5, 0.6) is 0 Å². The van der Waals surface area contributed by atoms with Crippen LogP contribution in [0.1, 0.15) is 38.1 Å². The van der Waals surface area contributed by atoms with Gasteiger partial charge in [-0.1, -0.05) is 39.0 Å². The van der Waals surface area contributed by atoms with Gasteiger partial charge in [-0.2, -0.15) is 11.3 Å². The van der Waals surface area contributed by atoms with Crippen molar-refractivity contribution in [3.8, 4) is 11.1 Å². The molecule has 3 heterocycles. The number of anilines is 1. The fourth-order valence-electron chi connectivity index (χ4n) is 4.18. The van der Waals surface area contributed by atoms with Crippen LogP contribution in [0.4, 0.5) is 5.69 Å². The zero-order chi connectivity index (χ0) is 25.9. The monoisotopic (exact) mass is 506 g/mol. The molecule has 3 aromatic rings. The van der Waals surface area contributed by atoms with Crippen molar-refractivity contribution in [3.05, 3.63) is 82.0 Å². The van der Waals surface area contributed by atoms with Gasteiger partial charge in [-0.15, -0.1) is 0 Å². The number of benzene rings is 1. The Morgan fingerprint density at radius 3 is 2.50 bits per heavy atom. The molecule has 1 aliphatic rings. The smallest absolute Gasteiger partial charge is 0.294 e. The molecule has 36 heavy (non-hydrogen) atoms. The maximum Gasteiger partial charge on any atom is 0.294 e. The molecule has 1 N–H and O–H groups in total. The van der Waals surface area contributed by atoms with Crippen molar-refractivity contribution < 1.29 is 24.2 Å². The summed E-state index contributed by atoms with van der Waals surface area (Å²) in [4.78, 5) is 33.0. The number of aliphatic hydroxyl groups excluding tert-OH is 1. The van der Waals surface area contributed by atoms with Gasteiger partial charge in [-0.05, 0) is 46.2 Å². The number of aromatic nitrogens is 1. The highest BCUT2D eigenvalue weighted by Gasteiger charge is 2.47. The Morgan fingerprint density at radius 2 is 1.86 bits per heavy atom. The number of hydrogen-bond donors (Lipinski definition) is 1. The van der Waals surface area contributed by atoms with Gasteiger partial charge in [-0.25, -0.2) is 0 Å². The van der Waals surface area contributed by atoms with Gasteiger partial charge in [0, 0.05) is 30.0 Å². The second kappa shape index (κ2) is 10.7. The van der Waals surface area contributed by atoms with Crippen LogP contribution >= 0.6 is 11.3 Å². The van der Waals surface area contributed by atoms with Crippen molar-refractivity contribution >= 4 is 28.7 Å². The largest absolute Gasteiger partial charge is 0.503 e. The Kier molecular flexibility index (Phi) is 7.68. The van der Waals surface area contributed by atoms with Crippen molar-refractivity contribution in [1.82, 2.24) is 4.98 Å². The normalized spacial score (nSPS) is 16.2. The van der Waals surface area contributed by atoms with E-state index in [0.717, 1.165) is 11.1 Å². The van der Waals surface area contributed by atoms with Crippen LogP contribution in [0.25, 0.3) is 11.1 Å². The number of ketones is 1. The lowest BCUT2D eigenvalue weighted by Gasteiger charge is -2.30. The molecule has 7 nitrogen and oxygen atoms in total. The summed E-state index contributed by atoms with van der Waals surface area (Å²) in [5.41, 5.74) is 3.14. The zero-order valence-corrected chi connectivity index (χ0v) is 21.7. The van der Waals surface area contributed by atoms with Crippen molar-refractivity contribution in [2.24, 2.45) is 5.41 Å². The minimum absolute atomic E-state index is 0.0700. The third kappa shape index (κ3) is 5.11. The molecule has 0 saturated carbocycles. The highest BCUT2D eigenvalue weighted by molar-refractivity contribution is 7.08. The Morgan fingerprint density at radius 1 is 1.11 bits per heavy atom. The number of ether oxygens (including phenoxy) is 2. The summed E-state index contributed by atoms with van der Waals surface area (Å²) in [6, 6.07) is 12.3. The van der Waals surface area contributed by atoms with E-state index in [9.17, 15) is 14.7 Å². The first kappa shape index (κ1) is 25.8. The fraction of sp³-hybridized carbons (Fsp3) is 0.321. The third-order valence-corrected chi connectivity index (χ3v) is 6.71. The van der Waals surface area contributed by atoms with Crippen LogP contribution in [-0.2, 0) is 25.7 Å². The molecule has 0 saturated heterocycles. The molecule has 1 amide bonds. The average molecular weight is 507 g/mol. The van der Waals surface area contributed by atoms with Gasteiger partial charge in [0.1, 0.15) is 0 Å². The Hall–Kier alpha value is -3.33. The van der Waals surface area contributed by atoms with Crippen LogP contribution in [0.15, 0.2) is 70.8 Å². The van der Waals surface area contributed by atoms with Gasteiger partial charge in [0.2, 0.25) is 0 Å². The first-order valence-electron chi connectivity index (χ1n) is 11.7. The summed E-state index contributed by atoms with van der Waals surface area (Å²) in [5, 5.41) is 15.1. The molecular weight excluding hydrogens is 476 g/mol. The predicted octanol–water partition coefficient (Wildman–Crippen LogP) is 5.49. The Balaban J connectivity index is 1.79. The maximum absolute atomic E-state index is 13.5. The van der Waals surface area contributed by atoms with Crippen LogP contribution in [-0.4, -0.2) is 42.1 Å². The summed E-state index contributed by atoms with van der Waals surface area (Å²) >= 11 is 1.61. The minimum Gasteiger partial charge on any atom is -0.503 e. The molecular formula is C28H30N2O5S. The number of hydrogen-bond acceptors (Lipinski definition) is 7. The molecule has 0 spiro atoms. The fourth-order valence-corrected chi connectivity index (χ4v) is 4.84. The summed E-state index contributed by atoms with van der Waals surface area (Å²) in [6.07, 6.45) is 1.64. The number of aliphatic hydroxyl groups is 1. The first-order chi connectivity index (χ1) is 17.2. The van der Waals surface area contributed by atoms with Gasteiger partial charge in [0.05, 0.1) is 37.1 Å². The maximum atomic E-state index is 13.5. The third-order valence-electron chi connectivity index (χ3n) is 6.02. The number of thiophene rings is 1. The van der Waals surface area contributed by atoms with Gasteiger partial charge < -0.3 is 14.6 Å². The number of carbonyl (C=O) groups excluding carboxylic acids is 2. The van der Waals surface area contributed by atoms with Gasteiger partial charge in [0.25, 0.3) is 5.91 Å². The molecule has 1 atom stereocenters. The van der Waals surface area contributed by atoms with Crippen molar-refractivity contribution in [3.63, 3.8) is 0 Å². The molecule has 4 rings (SSSR count). The van der Waals surface area contributed by atoms with Crippen LogP contribution < -0.4 is 4.90 Å². The lowest BCUT2D eigenvalue weighted by atomic mass is 9.82. The summed E-state index contributed by atoms with van der Waals surface area (Å²) in [7, 11) is 1.60. The second-order valence-corrected chi connectivity index (χ2v) is 10.3. The number of rotatable bonds is 9. The average Bonchev–Trinajstić information content (AvgIpc) is 3.49. The topological polar surface area (TPSA) is 89.0 Å². The number of amides is 1. The van der Waals surface area contributed by atoms with Crippen LogP contribution in [0.2, 0.25) is 0 Å². The van der Waals surface area contributed by atoms with Crippen LogP contribution in [0, 0.1) is 5.41 Å². The quantitative estimate of drug-likeness (QED) is 0.386. The highest BCUT2D eigenvalue weighted by atomic mass is 32.1. The van der Waals surface area contributed by atoms with E-state index in [2.05, 4.69) is 10.4 Å². The van der Waals surface area contributed by atoms with Gasteiger partial charge >= 0.3 is 0 Å². The van der Waals surface area contributed by atoms with Crippen molar-refractivity contribution in [2.45, 2.75) is 33.4 Å². The summed E-state index contributed by atoms with van der Waals surface area (Å²) < 4.78 is 10.8. The molecule has 1 unspecified atom stereocenters. The molecule has 0 aliphatic carbocycles. The van der Waals surface area contributed by atoms with E-state index in [1.807, 2.05) is 41.8 Å². The first-order valence-corrected chi connectivity index (χ1v) is 12.6. The van der Waals surface area contributed by atoms with E-state index in [4.69, 9.17) is 9.47 Å². The zero-order valence-electron chi connectivity index (χ0n) is 20.9. The molecule has 1 aromatic carbocycles. The number of nitrogens with zero attached hydrogens (tertiary/aromatic N) is 2. The molecule has 0 fully saturated rings. The highest BCUT2D eigenvalue weighted by Crippen LogP contribution is 2.44. The molecule has 188 valence electrons. The van der Waals surface area contributed by atoms with E-state index in [1.165, 1.54) is 4.90 Å². The Labute approximate surface area is 215 Å². The van der Waals surface area contributed by atoms with Gasteiger partial charge in [-0.3, -0.25) is 19.5 Å². The van der Waals surface area contributed by atoms with E-state index < -0.39 is 23.1 Å². The summed E-state index contributed by atoms with van der Waals surface area (Å²) in [5.74, 6) is -1.45. The molecule has 0 bridgehead atoms. The van der Waals surface area contributed by atoms with Gasteiger partial charge in [0.15, 0.2) is 11.5 Å². The minimum atomic E-state index is -0.842. The van der Waals surface area contributed by atoms with E-state index in [1.54, 1.807) is 51.5 Å². The van der Waals surface area contributed by atoms with Crippen molar-refractivity contribution in [2.75, 3.05) is 25.2 Å². The van der Waals surface area contributed by atoms with E-state index in [-0.39, 0.29) is 18.0 Å². The molecule has 0 radical (unpaired) electrons. The number of pyridine rings is 1. The summed E-state index contributed by atoms with van der Waals surface area (Å²) in [6.45, 7) is 6.29. The molecule has 8 heteroatoms.